The van der Waals surface area contributed by atoms with Gasteiger partial charge in [-0.3, -0.25) is 0 Å². The lowest BCUT2D eigenvalue weighted by molar-refractivity contribution is -1.03. The van der Waals surface area contributed by atoms with Gasteiger partial charge in [-0.25, -0.2) is 4.39 Å². The van der Waals surface area contributed by atoms with Crippen LogP contribution in [-0.4, -0.2) is 8.42 Å². The van der Waals surface area contributed by atoms with E-state index in [-0.39, 0.29) is 0 Å². The summed E-state index contributed by atoms with van der Waals surface area (Å²) in [5, 5.41) is 0. The first-order chi connectivity index (χ1) is 11.6. The molecule has 0 bridgehead atoms. The molecule has 0 amide bonds. The Morgan fingerprint density at radius 3 is 1.67 bits per heavy atom. The molecule has 123 valence electrons. The highest BCUT2D eigenvalue weighted by molar-refractivity contribution is 7.86. The van der Waals surface area contributed by atoms with Gasteiger partial charge in [-0.2, -0.15) is 8.42 Å². The van der Waals surface area contributed by atoms with Crippen LogP contribution in [0.2, 0.25) is 0 Å². The molecule has 24 heavy (non-hydrogen) atoms. The predicted molar refractivity (Wildman–Crippen MR) is 84.9 cm³/mol. The Labute approximate surface area is 148 Å². The van der Waals surface area contributed by atoms with E-state index < -0.39 is 41.1 Å². The van der Waals surface area contributed by atoms with Gasteiger partial charge in [0.25, 0.3) is 0 Å². The summed E-state index contributed by atoms with van der Waals surface area (Å²) in [6.07, 6.45) is 0. The smallest absolute Gasteiger partial charge is 0.205 e. The largest absolute Gasteiger partial charge is 0.339 e. The van der Waals surface area contributed by atoms with Crippen LogP contribution >= 0.6 is 0 Å². The van der Waals surface area contributed by atoms with E-state index in [0.717, 1.165) is 13.2 Å². The van der Waals surface area contributed by atoms with E-state index in [1.165, 1.54) is 18.2 Å². The summed E-state index contributed by atoms with van der Waals surface area (Å²) in [4.78, 5) is -0.431. The Bertz CT molecular complexity index is 876. The zero-order valence-corrected chi connectivity index (χ0v) is 15.4. The maximum Gasteiger partial charge on any atom is 0.339 e. The molecule has 0 fully saturated rings. The van der Waals surface area contributed by atoms with Crippen LogP contribution in [-0.2, 0) is 12.6 Å². The third-order valence-corrected chi connectivity index (χ3v) is 10.5. The van der Waals surface area contributed by atoms with Crippen LogP contribution < -0.4 is 20.2 Å². The molecule has 3 nitrogen and oxygen atoms in total. The first-order valence-corrected chi connectivity index (χ1v) is 11.5. The minimum Gasteiger partial charge on any atom is -0.205 e. The van der Waals surface area contributed by atoms with Crippen LogP contribution in [0.3, 0.4) is 0 Å². The van der Waals surface area contributed by atoms with E-state index in [9.17, 15) is 12.8 Å². The molecule has 6 heteroatoms. The van der Waals surface area contributed by atoms with Gasteiger partial charge in [0.15, 0.2) is 7.14 Å². The topological polar surface area (TPSA) is 43.4 Å². The van der Waals surface area contributed by atoms with Gasteiger partial charge in [0, 0.05) is 0 Å². The quantitative estimate of drug-likeness (QED) is 0.534. The fraction of sp³-hybridized carbons (Fsp3) is 0. The van der Waals surface area contributed by atoms with E-state index in [0.29, 0.717) is 0 Å². The summed E-state index contributed by atoms with van der Waals surface area (Å²) in [6, 6.07) is 23.7. The molecule has 0 aliphatic heterocycles. The van der Waals surface area contributed by atoms with Crippen LogP contribution in [0, 0.1) is 13.0 Å². The predicted octanol–water partition coefficient (Wildman–Crippen LogP) is 0.810. The summed E-state index contributed by atoms with van der Waals surface area (Å²) in [6.45, 7) is 0. The summed E-state index contributed by atoms with van der Waals surface area (Å²) in [5.74, 6) is -0.811. The maximum absolute atomic E-state index is 13.9. The fourth-order valence-electron chi connectivity index (χ4n) is 2.02. The maximum atomic E-state index is 13.9. The first-order valence-electron chi connectivity index (χ1n) is 7.07. The number of halogens is 2. The molecule has 1 radical (unpaired) electrons. The highest BCUT2D eigenvalue weighted by Gasteiger charge is 2.38. The molecule has 0 atom stereocenters. The average molecular weight is 456 g/mol. The molecule has 0 N–H and O–H groups in total. The lowest BCUT2D eigenvalue weighted by Gasteiger charge is -2.06. The molecule has 3 aromatic rings. The van der Waals surface area contributed by atoms with E-state index in [1.54, 1.807) is 0 Å². The van der Waals surface area contributed by atoms with Crippen molar-refractivity contribution in [1.29, 1.82) is 0 Å². The number of hydrogen-bond donors (Lipinski definition) is 0. The second-order valence-electron chi connectivity index (χ2n) is 4.79. The zero-order valence-electron chi connectivity index (χ0n) is 12.5. The van der Waals surface area contributed by atoms with E-state index in [4.69, 9.17) is 2.51 Å². The lowest BCUT2D eigenvalue weighted by atomic mass is 10.4. The lowest BCUT2D eigenvalue weighted by Crippen LogP contribution is -3.85. The second kappa shape index (κ2) is 7.42. The van der Waals surface area contributed by atoms with Crippen LogP contribution in [0.15, 0.2) is 89.8 Å². The minimum absolute atomic E-state index is 0.431. The zero-order chi connectivity index (χ0) is 17.0. The van der Waals surface area contributed by atoms with Gasteiger partial charge in [0.2, 0.25) is 0 Å². The van der Waals surface area contributed by atoms with Crippen LogP contribution in [0.4, 0.5) is 4.39 Å². The molecule has 0 heterocycles. The molecule has 0 unspecified atom stereocenters. The van der Waals surface area contributed by atoms with Crippen molar-refractivity contribution in [3.05, 3.63) is 97.9 Å². The minimum atomic E-state index is -4.19. The molecule has 0 aromatic heterocycles. The molecular weight excluding hydrogens is 442 g/mol. The van der Waals surface area contributed by atoms with Crippen molar-refractivity contribution in [2.24, 2.45) is 0 Å². The molecule has 0 saturated carbocycles. The van der Waals surface area contributed by atoms with Gasteiger partial charge in [-0.15, -0.1) is 0 Å². The number of rotatable bonds is 5. The van der Waals surface area contributed by atoms with Gasteiger partial charge in [-0.1, -0.05) is 48.5 Å². The van der Waals surface area contributed by atoms with Crippen molar-refractivity contribution < 1.29 is 35.6 Å². The van der Waals surface area contributed by atoms with E-state index in [1.807, 2.05) is 60.7 Å². The molecule has 0 spiro atoms. The molecule has 3 rings (SSSR count). The molecule has 0 aliphatic rings. The van der Waals surface area contributed by atoms with Gasteiger partial charge < -0.3 is 0 Å². The van der Waals surface area contributed by atoms with Gasteiger partial charge in [-0.05, 0) is 38.9 Å². The normalized spacial score (nSPS) is 11.6. The fourth-order valence-corrected chi connectivity index (χ4v) is 9.06. The van der Waals surface area contributed by atoms with Crippen molar-refractivity contribution in [2.75, 3.05) is 0 Å². The van der Waals surface area contributed by atoms with Crippen molar-refractivity contribution in [3.63, 3.8) is 0 Å². The van der Waals surface area contributed by atoms with Gasteiger partial charge in [0.05, 0.1) is 0 Å². The standard InChI is InChI=1S/C18H14FIO3S/c19-17-13-7-8-14-18(17)24(21,22)23-20(15-9-3-1-4-10-15)16-11-5-2-6-12-16/h1-14H/q+1. The van der Waals surface area contributed by atoms with Crippen molar-refractivity contribution >= 4 is 10.1 Å². The number of benzene rings is 3. The molecule has 3 aromatic carbocycles. The van der Waals surface area contributed by atoms with E-state index >= 15 is 0 Å². The SMILES string of the molecule is O=S(=O)(O[I+](c1ccccc1)c1ccccc1)c1ccccc1F. The Morgan fingerprint density at radius 2 is 1.17 bits per heavy atom. The Hall–Kier alpha value is -1.77. The highest BCUT2D eigenvalue weighted by atomic mass is 127. The number of hydrogen-bond acceptors (Lipinski definition) is 3. The van der Waals surface area contributed by atoms with Crippen molar-refractivity contribution in [2.45, 2.75) is 4.90 Å². The van der Waals surface area contributed by atoms with Gasteiger partial charge in [0.1, 0.15) is 10.7 Å². The molecule has 0 aliphatic carbocycles. The Balaban J connectivity index is 2.03. The second-order valence-corrected chi connectivity index (χ2v) is 11.3. The Morgan fingerprint density at radius 1 is 0.708 bits per heavy atom. The summed E-state index contributed by atoms with van der Waals surface area (Å²) in [5.41, 5.74) is 0. The van der Waals surface area contributed by atoms with Crippen molar-refractivity contribution in [3.8, 4) is 0 Å². The monoisotopic (exact) mass is 456 g/mol. The van der Waals surface area contributed by atoms with Crippen molar-refractivity contribution in [1.82, 2.24) is 0 Å². The summed E-state index contributed by atoms with van der Waals surface area (Å²) in [7, 11) is -4.19. The van der Waals surface area contributed by atoms with Crippen LogP contribution in [0.5, 0.6) is 0 Å². The highest BCUT2D eigenvalue weighted by Crippen LogP contribution is 2.14. The van der Waals surface area contributed by atoms with Gasteiger partial charge >= 0.3 is 30.4 Å². The molecular formula is C18H14FIO3S+. The summed E-state index contributed by atoms with van der Waals surface area (Å²) < 4.78 is 46.3. The third-order valence-electron chi connectivity index (χ3n) is 3.11. The summed E-state index contributed by atoms with van der Waals surface area (Å²) >= 11 is -2.73. The van der Waals surface area contributed by atoms with Crippen LogP contribution in [0.1, 0.15) is 0 Å². The first kappa shape index (κ1) is 17.1. The van der Waals surface area contributed by atoms with Crippen LogP contribution in [0.25, 0.3) is 0 Å². The molecule has 0 saturated heterocycles. The third kappa shape index (κ3) is 3.82. The Kier molecular flexibility index (Phi) is 5.27. The van der Waals surface area contributed by atoms with E-state index in [2.05, 4.69) is 0 Å². The average Bonchev–Trinajstić information content (AvgIpc) is 2.61.